The minimum absolute atomic E-state index is 0.101. The van der Waals surface area contributed by atoms with Gasteiger partial charge in [-0.25, -0.2) is 0 Å². The summed E-state index contributed by atoms with van der Waals surface area (Å²) in [5.74, 6) is 0.452. The molecule has 0 saturated heterocycles. The molecule has 0 spiro atoms. The number of imidazole rings is 1. The number of fused-ring (bicyclic) bond motifs is 1. The van der Waals surface area contributed by atoms with Gasteiger partial charge in [0, 0.05) is 0 Å². The molecule has 1 saturated carbocycles. The van der Waals surface area contributed by atoms with Crippen molar-refractivity contribution in [1.29, 1.82) is 0 Å². The third-order valence-corrected chi connectivity index (χ3v) is 7.80. The van der Waals surface area contributed by atoms with Crippen LogP contribution in [0.2, 0.25) is 0 Å². The minimum atomic E-state index is -0.355. The Kier molecular flexibility index (Phi) is 8.82. The zero-order valence-corrected chi connectivity index (χ0v) is 23.4. The molecule has 2 aromatic heterocycles. The van der Waals surface area contributed by atoms with Gasteiger partial charge in [0.1, 0.15) is 0 Å². The average molecular weight is 615 g/mol. The summed E-state index contributed by atoms with van der Waals surface area (Å²) >= 11 is -0.355. The Balaban J connectivity index is 1.78. The summed E-state index contributed by atoms with van der Waals surface area (Å²) < 4.78 is 14.6. The quantitative estimate of drug-likeness (QED) is 0.0984. The van der Waals surface area contributed by atoms with Gasteiger partial charge < -0.3 is 0 Å². The first-order valence-corrected chi connectivity index (χ1v) is 14.4. The van der Waals surface area contributed by atoms with Crippen LogP contribution in [0.5, 0.6) is 0 Å². The van der Waals surface area contributed by atoms with Crippen LogP contribution >= 0.6 is 0 Å². The number of anilines is 2. The van der Waals surface area contributed by atoms with Crippen LogP contribution in [0.3, 0.4) is 0 Å². The Morgan fingerprint density at radius 1 is 1.32 bits per heavy atom. The molecule has 1 fully saturated rings. The van der Waals surface area contributed by atoms with Gasteiger partial charge in [0.05, 0.1) is 0 Å². The Labute approximate surface area is 226 Å². The van der Waals surface area contributed by atoms with Crippen molar-refractivity contribution in [3.63, 3.8) is 0 Å². The summed E-state index contributed by atoms with van der Waals surface area (Å²) in [5, 5.41) is 6.25. The van der Waals surface area contributed by atoms with Crippen LogP contribution in [0.15, 0.2) is 75.9 Å². The maximum absolute atomic E-state index is 13.7. The number of carbonyl (C=O) groups excluding carboxylic acids is 1. The van der Waals surface area contributed by atoms with Crippen LogP contribution in [0.1, 0.15) is 37.8 Å². The van der Waals surface area contributed by atoms with E-state index in [0.717, 1.165) is 42.0 Å². The number of aromatic nitrogens is 3. The second-order valence-electron chi connectivity index (χ2n) is 8.61. The molecule has 2 heterocycles. The van der Waals surface area contributed by atoms with Gasteiger partial charge in [0.15, 0.2) is 0 Å². The Morgan fingerprint density at radius 3 is 2.78 bits per heavy atom. The number of pyridine rings is 1. The number of carbonyl (C=O) groups is 1. The van der Waals surface area contributed by atoms with Crippen LogP contribution in [0, 0.1) is 0 Å². The van der Waals surface area contributed by atoms with E-state index >= 15 is 0 Å². The molecule has 1 aliphatic carbocycles. The molecular formula is C27H32IN6O3-. The molecule has 196 valence electrons. The molecule has 10 heteroatoms. The summed E-state index contributed by atoms with van der Waals surface area (Å²) in [6.07, 6.45) is 10.00. The van der Waals surface area contributed by atoms with Gasteiger partial charge in [-0.15, -0.1) is 0 Å². The molecular weight excluding hydrogens is 583 g/mol. The number of ether oxygens (including phenoxy) is 1. The summed E-state index contributed by atoms with van der Waals surface area (Å²) in [5.41, 5.74) is 4.18. The Bertz CT molecular complexity index is 1420. The van der Waals surface area contributed by atoms with Crippen LogP contribution in [0.25, 0.3) is 11.0 Å². The normalized spacial score (nSPS) is 14.5. The fraction of sp³-hybridized carbons (Fsp3) is 0.296. The standard InChI is InChI=1S/C27H32IN6O3/c1-5-21(23(37-4)14-28-29-3)32-22-16-33(15-18-9-7-10-19(13-18)31-24(35)6-2)27(36)26-25(22)30-17-34(26)20-11-8-12-20/h5-7,9-10,13-14,16-17,20,29,32H,2,8,11-12,15H2,1,3-4H3,(H,31,35)/q-1/b21-5+,23-14-. The van der Waals surface area contributed by atoms with Gasteiger partial charge in [-0.05, 0) is 6.08 Å². The van der Waals surface area contributed by atoms with Crippen molar-refractivity contribution in [3.8, 4) is 0 Å². The number of methoxy groups -OCH3 is 1. The van der Waals surface area contributed by atoms with Crippen molar-refractivity contribution in [3.05, 3.63) is 87.0 Å². The molecule has 37 heavy (non-hydrogen) atoms. The molecule has 1 aromatic carbocycles. The predicted octanol–water partition coefficient (Wildman–Crippen LogP) is 1.12. The molecule has 0 bridgehead atoms. The SMILES string of the molecule is C=CC(=O)Nc1cccc(Cn2cc(NC(=C/C)/C(=C/[I-]NC)OC)c3ncn(C4CCC4)c3c2=O)c1. The number of amides is 1. The molecule has 3 aromatic rings. The zero-order valence-electron chi connectivity index (χ0n) is 21.3. The fourth-order valence-corrected chi connectivity index (χ4v) is 5.39. The van der Waals surface area contributed by atoms with Crippen LogP contribution in [-0.4, -0.2) is 34.2 Å². The van der Waals surface area contributed by atoms with E-state index in [1.165, 1.54) is 6.08 Å². The predicted molar refractivity (Wildman–Crippen MR) is 143 cm³/mol. The summed E-state index contributed by atoms with van der Waals surface area (Å²) in [4.78, 5) is 30.2. The zero-order chi connectivity index (χ0) is 26.4. The monoisotopic (exact) mass is 615 g/mol. The van der Waals surface area contributed by atoms with E-state index in [0.29, 0.717) is 23.3 Å². The molecule has 0 unspecified atom stereocenters. The third-order valence-electron chi connectivity index (χ3n) is 6.30. The number of benzene rings is 1. The summed E-state index contributed by atoms with van der Waals surface area (Å²) in [6, 6.07) is 7.74. The van der Waals surface area contributed by atoms with Crippen molar-refractivity contribution < 1.29 is 31.0 Å². The molecule has 4 rings (SSSR count). The molecule has 0 atom stereocenters. The van der Waals surface area contributed by atoms with E-state index in [1.54, 1.807) is 24.1 Å². The molecule has 0 radical (unpaired) electrons. The van der Waals surface area contributed by atoms with Crippen molar-refractivity contribution in [1.82, 2.24) is 17.6 Å². The van der Waals surface area contributed by atoms with E-state index in [2.05, 4.69) is 29.8 Å². The first kappa shape index (κ1) is 26.7. The average Bonchev–Trinajstić information content (AvgIpc) is 3.30. The first-order valence-electron chi connectivity index (χ1n) is 12.1. The van der Waals surface area contributed by atoms with Crippen LogP contribution < -0.4 is 41.2 Å². The summed E-state index contributed by atoms with van der Waals surface area (Å²) in [6.45, 7) is 5.77. The number of hydrogen-bond donors (Lipinski definition) is 3. The number of rotatable bonds is 11. The second-order valence-corrected chi connectivity index (χ2v) is 10.9. The van der Waals surface area contributed by atoms with Gasteiger partial charge >= 0.3 is 204 Å². The van der Waals surface area contributed by atoms with E-state index in [1.807, 2.05) is 49.0 Å². The van der Waals surface area contributed by atoms with Crippen molar-refractivity contribution in [2.45, 2.75) is 38.8 Å². The topological polar surface area (TPSA) is 102 Å². The fourth-order valence-electron chi connectivity index (χ4n) is 4.21. The van der Waals surface area contributed by atoms with Gasteiger partial charge in [-0.1, -0.05) is 6.58 Å². The number of halogens is 1. The molecule has 1 amide bonds. The van der Waals surface area contributed by atoms with Crippen LogP contribution in [0.4, 0.5) is 11.4 Å². The number of nitrogens with one attached hydrogen (secondary N) is 3. The Morgan fingerprint density at radius 2 is 2.14 bits per heavy atom. The van der Waals surface area contributed by atoms with Gasteiger partial charge in [-0.2, -0.15) is 0 Å². The molecule has 9 nitrogen and oxygen atoms in total. The van der Waals surface area contributed by atoms with Gasteiger partial charge in [0.2, 0.25) is 5.91 Å². The van der Waals surface area contributed by atoms with Crippen molar-refractivity contribution in [2.75, 3.05) is 24.8 Å². The molecule has 0 aliphatic heterocycles. The van der Waals surface area contributed by atoms with Crippen molar-refractivity contribution >= 4 is 28.3 Å². The van der Waals surface area contributed by atoms with E-state index in [4.69, 9.17) is 4.74 Å². The van der Waals surface area contributed by atoms with E-state index in [-0.39, 0.29) is 39.0 Å². The van der Waals surface area contributed by atoms with Crippen LogP contribution in [-0.2, 0) is 16.1 Å². The van der Waals surface area contributed by atoms with Crippen molar-refractivity contribution in [2.24, 2.45) is 0 Å². The molecule has 1 aliphatic rings. The maximum atomic E-state index is 13.7. The van der Waals surface area contributed by atoms with E-state index < -0.39 is 0 Å². The van der Waals surface area contributed by atoms with Gasteiger partial charge in [-0.3, -0.25) is 4.79 Å². The first-order chi connectivity index (χ1) is 18.0. The number of allylic oxidation sites excluding steroid dienone is 1. The van der Waals surface area contributed by atoms with E-state index in [9.17, 15) is 9.59 Å². The number of nitrogens with zero attached hydrogens (tertiary/aromatic N) is 3. The second kappa shape index (κ2) is 12.2. The molecule has 3 N–H and O–H groups in total. The third kappa shape index (κ3) is 5.96. The summed E-state index contributed by atoms with van der Waals surface area (Å²) in [7, 11) is 3.57. The van der Waals surface area contributed by atoms with Gasteiger partial charge in [0.25, 0.3) is 0 Å². The Hall–Kier alpha value is -3.38. The number of hydrogen-bond acceptors (Lipinski definition) is 6.